The molecular formula is C22H24ClN3O4S2. The minimum atomic E-state index is -0.121. The van der Waals surface area contributed by atoms with Gasteiger partial charge >= 0.3 is 0 Å². The number of ether oxygens (including phenoxy) is 1. The third kappa shape index (κ3) is 6.34. The first-order valence-electron chi connectivity index (χ1n) is 10.3. The number of hydrogen-bond acceptors (Lipinski definition) is 7. The number of thiocarbonyl (C=S) groups is 1. The maximum Gasteiger partial charge on any atom is 0.242 e. The van der Waals surface area contributed by atoms with E-state index in [4.69, 9.17) is 37.8 Å². The average Bonchev–Trinajstić information content (AvgIpc) is 3.25. The van der Waals surface area contributed by atoms with Gasteiger partial charge in [0.25, 0.3) is 0 Å². The number of nitrogens with one attached hydrogen (secondary N) is 1. The number of carbonyl (C=O) groups is 1. The molecular weight excluding hydrogens is 470 g/mol. The number of morpholine rings is 1. The summed E-state index contributed by atoms with van der Waals surface area (Å²) in [7, 11) is 0. The number of hydroxylamine groups is 2. The number of hydrogen-bond donors (Lipinski definition) is 1. The van der Waals surface area contributed by atoms with Gasteiger partial charge in [-0.15, -0.1) is 0 Å². The molecule has 2 saturated heterocycles. The summed E-state index contributed by atoms with van der Waals surface area (Å²) >= 11 is 13.1. The molecule has 2 aromatic rings. The van der Waals surface area contributed by atoms with Crippen LogP contribution in [0.3, 0.4) is 0 Å². The number of nitrogens with zero attached hydrogens (tertiary/aromatic N) is 2. The van der Waals surface area contributed by atoms with Crippen LogP contribution in [0.2, 0.25) is 5.02 Å². The predicted octanol–water partition coefficient (Wildman–Crippen LogP) is 3.65. The van der Waals surface area contributed by atoms with Gasteiger partial charge in [0.05, 0.1) is 18.2 Å². The molecule has 10 heteroatoms. The fourth-order valence-electron chi connectivity index (χ4n) is 3.33. The molecule has 1 amide bonds. The lowest BCUT2D eigenvalue weighted by molar-refractivity contribution is -0.134. The van der Waals surface area contributed by atoms with Crippen LogP contribution in [-0.2, 0) is 14.4 Å². The molecule has 3 heterocycles. The number of carbonyl (C=O) groups excluding carboxylic acids is 1. The maximum absolute atomic E-state index is 12.3. The van der Waals surface area contributed by atoms with Gasteiger partial charge in [-0.05, 0) is 30.3 Å². The first-order chi connectivity index (χ1) is 15.6. The normalized spacial score (nSPS) is 18.8. The molecule has 0 saturated carbocycles. The molecule has 170 valence electrons. The van der Waals surface area contributed by atoms with E-state index in [9.17, 15) is 4.79 Å². The summed E-state index contributed by atoms with van der Waals surface area (Å²) in [6.45, 7) is 5.07. The third-order valence-electron chi connectivity index (χ3n) is 5.00. The van der Waals surface area contributed by atoms with Gasteiger partial charge in [0.1, 0.15) is 24.7 Å². The van der Waals surface area contributed by atoms with E-state index < -0.39 is 0 Å². The maximum atomic E-state index is 12.3. The van der Waals surface area contributed by atoms with Crippen molar-refractivity contribution in [3.8, 4) is 11.3 Å². The predicted molar refractivity (Wildman–Crippen MR) is 130 cm³/mol. The quantitative estimate of drug-likeness (QED) is 0.586. The van der Waals surface area contributed by atoms with Gasteiger partial charge in [-0.3, -0.25) is 14.5 Å². The zero-order valence-electron chi connectivity index (χ0n) is 17.4. The van der Waals surface area contributed by atoms with E-state index in [0.717, 1.165) is 43.3 Å². The monoisotopic (exact) mass is 493 g/mol. The second kappa shape index (κ2) is 11.3. The van der Waals surface area contributed by atoms with Gasteiger partial charge in [-0.25, -0.2) is 5.06 Å². The van der Waals surface area contributed by atoms with Crippen molar-refractivity contribution in [1.29, 1.82) is 0 Å². The molecule has 1 N–H and O–H groups in total. The summed E-state index contributed by atoms with van der Waals surface area (Å²) in [4.78, 5) is 21.1. The largest absolute Gasteiger partial charge is 0.457 e. The van der Waals surface area contributed by atoms with Gasteiger partial charge < -0.3 is 14.5 Å². The molecule has 7 nitrogen and oxygen atoms in total. The smallest absolute Gasteiger partial charge is 0.242 e. The number of furan rings is 1. The molecule has 32 heavy (non-hydrogen) atoms. The second-order valence-corrected chi connectivity index (χ2v) is 9.44. The van der Waals surface area contributed by atoms with Crippen LogP contribution in [0.25, 0.3) is 17.4 Å². The molecule has 0 radical (unpaired) electrons. The summed E-state index contributed by atoms with van der Waals surface area (Å²) in [5.74, 6) is 1.26. The van der Waals surface area contributed by atoms with E-state index in [0.29, 0.717) is 34.0 Å². The summed E-state index contributed by atoms with van der Waals surface area (Å²) in [5, 5.41) is 5.01. The molecule has 0 spiro atoms. The Hall–Kier alpha value is -1.88. The van der Waals surface area contributed by atoms with Crippen molar-refractivity contribution in [2.75, 3.05) is 52.5 Å². The van der Waals surface area contributed by atoms with Crippen LogP contribution in [0.5, 0.6) is 0 Å². The van der Waals surface area contributed by atoms with Crippen molar-refractivity contribution in [3.05, 3.63) is 52.1 Å². The number of thioether (sulfide) groups is 1. The van der Waals surface area contributed by atoms with Crippen LogP contribution >= 0.6 is 35.6 Å². The number of amides is 1. The molecule has 0 unspecified atom stereocenters. The highest BCUT2D eigenvalue weighted by Gasteiger charge is 2.23. The molecule has 2 aliphatic heterocycles. The van der Waals surface area contributed by atoms with E-state index in [1.807, 2.05) is 42.5 Å². The minimum absolute atomic E-state index is 0.0691. The summed E-state index contributed by atoms with van der Waals surface area (Å²) < 4.78 is 11.7. The SMILES string of the molecule is O=C(CN1OC/C(=C/c2ccc(-c3ccccc3Cl)o2)SC1=S)NCCN1CCOCC1. The number of rotatable bonds is 7. The number of benzene rings is 1. The fourth-order valence-corrected chi connectivity index (χ4v) is 4.72. The molecule has 4 rings (SSSR count). The van der Waals surface area contributed by atoms with Crippen molar-refractivity contribution in [2.45, 2.75) is 0 Å². The summed E-state index contributed by atoms with van der Waals surface area (Å²) in [6, 6.07) is 11.3. The highest BCUT2D eigenvalue weighted by molar-refractivity contribution is 8.25. The summed E-state index contributed by atoms with van der Waals surface area (Å²) in [5.41, 5.74) is 0.840. The highest BCUT2D eigenvalue weighted by atomic mass is 35.5. The van der Waals surface area contributed by atoms with Crippen molar-refractivity contribution < 1.29 is 18.8 Å². The molecule has 2 aliphatic rings. The van der Waals surface area contributed by atoms with Crippen LogP contribution in [0.4, 0.5) is 0 Å². The van der Waals surface area contributed by atoms with Gasteiger partial charge in [-0.1, -0.05) is 47.7 Å². The second-order valence-electron chi connectivity index (χ2n) is 7.27. The van der Waals surface area contributed by atoms with Crippen molar-refractivity contribution in [2.24, 2.45) is 0 Å². The molecule has 2 fully saturated rings. The van der Waals surface area contributed by atoms with Crippen molar-refractivity contribution >= 4 is 51.9 Å². The molecule has 0 atom stereocenters. The molecule has 0 bridgehead atoms. The van der Waals surface area contributed by atoms with Crippen molar-refractivity contribution in [1.82, 2.24) is 15.3 Å². The highest BCUT2D eigenvalue weighted by Crippen LogP contribution is 2.32. The van der Waals surface area contributed by atoms with E-state index in [1.54, 1.807) is 0 Å². The lowest BCUT2D eigenvalue weighted by Gasteiger charge is -2.29. The minimum Gasteiger partial charge on any atom is -0.457 e. The lowest BCUT2D eigenvalue weighted by Crippen LogP contribution is -2.44. The molecule has 1 aromatic heterocycles. The zero-order chi connectivity index (χ0) is 22.3. The standard InChI is InChI=1S/C22H24ClN3O4S2/c23-19-4-2-1-3-18(19)20-6-5-16(30-20)13-17-15-29-26(22(31)32-17)14-21(27)24-7-8-25-9-11-28-12-10-25/h1-6,13H,7-12,14-15H2,(H,24,27)/b17-13-. The Kier molecular flexibility index (Phi) is 8.23. The van der Waals surface area contributed by atoms with Crippen LogP contribution in [0.1, 0.15) is 5.76 Å². The van der Waals surface area contributed by atoms with E-state index in [1.165, 1.54) is 16.8 Å². The Balaban J connectivity index is 1.25. The van der Waals surface area contributed by atoms with E-state index >= 15 is 0 Å². The van der Waals surface area contributed by atoms with E-state index in [2.05, 4.69) is 10.2 Å². The van der Waals surface area contributed by atoms with Crippen LogP contribution in [-0.4, -0.2) is 72.7 Å². The molecule has 0 aliphatic carbocycles. The van der Waals surface area contributed by atoms with Gasteiger partial charge in [0.15, 0.2) is 4.32 Å². The number of halogens is 1. The molecule has 1 aromatic carbocycles. The van der Waals surface area contributed by atoms with Gasteiger partial charge in [-0.2, -0.15) is 0 Å². The summed E-state index contributed by atoms with van der Waals surface area (Å²) in [6.07, 6.45) is 1.89. The Morgan fingerprint density at radius 1 is 1.22 bits per heavy atom. The van der Waals surface area contributed by atoms with Gasteiger partial charge in [0.2, 0.25) is 5.91 Å². The van der Waals surface area contributed by atoms with Crippen LogP contribution < -0.4 is 5.32 Å². The van der Waals surface area contributed by atoms with Gasteiger partial charge in [0, 0.05) is 36.6 Å². The lowest BCUT2D eigenvalue weighted by atomic mass is 10.2. The van der Waals surface area contributed by atoms with Crippen molar-refractivity contribution in [3.63, 3.8) is 0 Å². The van der Waals surface area contributed by atoms with Crippen LogP contribution in [0, 0.1) is 0 Å². The Labute approximate surface area is 201 Å². The Morgan fingerprint density at radius 2 is 2.03 bits per heavy atom. The average molecular weight is 494 g/mol. The Bertz CT molecular complexity index is 991. The first-order valence-corrected chi connectivity index (χ1v) is 11.9. The van der Waals surface area contributed by atoms with Crippen LogP contribution in [0.15, 0.2) is 45.7 Å². The van der Waals surface area contributed by atoms with E-state index in [-0.39, 0.29) is 12.5 Å². The zero-order valence-corrected chi connectivity index (χ0v) is 19.8. The topological polar surface area (TPSA) is 67.2 Å². The first kappa shape index (κ1) is 23.3. The third-order valence-corrected chi connectivity index (χ3v) is 6.65. The fraction of sp³-hybridized carbons (Fsp3) is 0.364. The Morgan fingerprint density at radius 3 is 2.81 bits per heavy atom.